The third kappa shape index (κ3) is 5.49. The second kappa shape index (κ2) is 8.91. The summed E-state index contributed by atoms with van der Waals surface area (Å²) in [7, 11) is 1.32. The molecule has 0 saturated heterocycles. The molecule has 0 radical (unpaired) electrons. The van der Waals surface area contributed by atoms with E-state index in [1.54, 1.807) is 0 Å². The van der Waals surface area contributed by atoms with Crippen LogP contribution in [0.5, 0.6) is 0 Å². The van der Waals surface area contributed by atoms with Gasteiger partial charge in [-0.3, -0.25) is 4.79 Å². The average molecular weight is 258 g/mol. The first-order valence-electron chi connectivity index (χ1n) is 6.61. The maximum Gasteiger partial charge on any atom is 0.328 e. The van der Waals surface area contributed by atoms with Crippen LogP contribution in [0.4, 0.5) is 0 Å². The Morgan fingerprint density at radius 1 is 1.33 bits per heavy atom. The number of unbranched alkanes of at least 4 members (excludes halogenated alkanes) is 1. The van der Waals surface area contributed by atoms with Crippen LogP contribution in [0.15, 0.2) is 0 Å². The number of carbonyl (C=O) groups excluding carboxylic acids is 2. The van der Waals surface area contributed by atoms with Gasteiger partial charge in [0.25, 0.3) is 0 Å². The Labute approximate surface area is 109 Å². The molecule has 5 heteroatoms. The normalized spacial score (nSPS) is 15.6. The molecule has 0 spiro atoms. The minimum absolute atomic E-state index is 0.0276. The molecule has 0 aliphatic heterocycles. The molecular weight excluding hydrogens is 232 g/mol. The molecule has 0 rings (SSSR count). The second-order valence-electron chi connectivity index (χ2n) is 4.64. The summed E-state index contributed by atoms with van der Waals surface area (Å²) in [4.78, 5) is 23.5. The molecule has 106 valence electrons. The molecule has 0 aromatic carbocycles. The molecule has 0 saturated carbocycles. The highest BCUT2D eigenvalue weighted by molar-refractivity contribution is 5.87. The number of esters is 1. The van der Waals surface area contributed by atoms with E-state index < -0.39 is 18.1 Å². The highest BCUT2D eigenvalue weighted by atomic mass is 16.5. The van der Waals surface area contributed by atoms with Crippen LogP contribution in [-0.4, -0.2) is 31.1 Å². The minimum Gasteiger partial charge on any atom is -0.467 e. The van der Waals surface area contributed by atoms with Crippen molar-refractivity contribution in [2.45, 2.75) is 58.5 Å². The number of methoxy groups -OCH3 is 1. The lowest BCUT2D eigenvalue weighted by atomic mass is 9.98. The summed E-state index contributed by atoms with van der Waals surface area (Å²) in [6.07, 6.45) is 3.31. The summed E-state index contributed by atoms with van der Waals surface area (Å²) < 4.78 is 4.70. The van der Waals surface area contributed by atoms with Crippen molar-refractivity contribution in [3.8, 4) is 0 Å². The molecule has 0 fully saturated rings. The lowest BCUT2D eigenvalue weighted by Gasteiger charge is -2.23. The van der Waals surface area contributed by atoms with Gasteiger partial charge >= 0.3 is 5.97 Å². The highest BCUT2D eigenvalue weighted by Crippen LogP contribution is 2.10. The smallest absolute Gasteiger partial charge is 0.328 e. The van der Waals surface area contributed by atoms with Gasteiger partial charge in [0.2, 0.25) is 5.91 Å². The molecule has 0 aliphatic rings. The molecule has 0 bridgehead atoms. The van der Waals surface area contributed by atoms with E-state index >= 15 is 0 Å². The Morgan fingerprint density at radius 2 is 1.94 bits per heavy atom. The van der Waals surface area contributed by atoms with E-state index in [0.29, 0.717) is 6.42 Å². The number of carbonyl (C=O) groups is 2. The van der Waals surface area contributed by atoms with Gasteiger partial charge in [0.1, 0.15) is 6.04 Å². The SMILES string of the molecule is CCCCC(N)C(=O)NC(C(=O)OC)C(C)CC. The Hall–Kier alpha value is -1.10. The maximum absolute atomic E-state index is 11.9. The zero-order valence-corrected chi connectivity index (χ0v) is 11.9. The van der Waals surface area contributed by atoms with Crippen molar-refractivity contribution in [2.24, 2.45) is 11.7 Å². The summed E-state index contributed by atoms with van der Waals surface area (Å²) in [6, 6.07) is -1.17. The molecule has 18 heavy (non-hydrogen) atoms. The number of nitrogens with two attached hydrogens (primary N) is 1. The minimum atomic E-state index is -0.611. The maximum atomic E-state index is 11.9. The van der Waals surface area contributed by atoms with Gasteiger partial charge in [0.05, 0.1) is 13.2 Å². The van der Waals surface area contributed by atoms with Crippen LogP contribution >= 0.6 is 0 Å². The monoisotopic (exact) mass is 258 g/mol. The zero-order chi connectivity index (χ0) is 14.1. The second-order valence-corrected chi connectivity index (χ2v) is 4.64. The number of hydrogen-bond donors (Lipinski definition) is 2. The summed E-state index contributed by atoms with van der Waals surface area (Å²) in [6.45, 7) is 5.91. The van der Waals surface area contributed by atoms with Crippen molar-refractivity contribution in [2.75, 3.05) is 7.11 Å². The third-order valence-corrected chi connectivity index (χ3v) is 3.17. The predicted octanol–water partition coefficient (Wildman–Crippen LogP) is 1.21. The summed E-state index contributed by atoms with van der Waals surface area (Å²) in [5.41, 5.74) is 5.77. The Balaban J connectivity index is 4.48. The summed E-state index contributed by atoms with van der Waals surface area (Å²) >= 11 is 0. The summed E-state index contributed by atoms with van der Waals surface area (Å²) in [5, 5.41) is 2.69. The van der Waals surface area contributed by atoms with Gasteiger partial charge in [-0.15, -0.1) is 0 Å². The van der Waals surface area contributed by atoms with Crippen LogP contribution in [0.2, 0.25) is 0 Å². The van der Waals surface area contributed by atoms with Crippen molar-refractivity contribution in [3.63, 3.8) is 0 Å². The van der Waals surface area contributed by atoms with Gasteiger partial charge in [0, 0.05) is 0 Å². The molecule has 0 aromatic heterocycles. The van der Waals surface area contributed by atoms with Gasteiger partial charge in [-0.1, -0.05) is 40.0 Å². The Bertz CT molecular complexity index is 269. The molecule has 1 amide bonds. The fourth-order valence-corrected chi connectivity index (χ4v) is 1.61. The molecule has 3 N–H and O–H groups in total. The number of rotatable bonds is 8. The van der Waals surface area contributed by atoms with Crippen LogP contribution < -0.4 is 11.1 Å². The van der Waals surface area contributed by atoms with E-state index in [9.17, 15) is 9.59 Å². The van der Waals surface area contributed by atoms with Gasteiger partial charge in [-0.25, -0.2) is 4.79 Å². The fourth-order valence-electron chi connectivity index (χ4n) is 1.61. The fraction of sp³-hybridized carbons (Fsp3) is 0.846. The Morgan fingerprint density at radius 3 is 2.39 bits per heavy atom. The van der Waals surface area contributed by atoms with Gasteiger partial charge < -0.3 is 15.8 Å². The topological polar surface area (TPSA) is 81.4 Å². The molecule has 3 atom stereocenters. The summed E-state index contributed by atoms with van der Waals surface area (Å²) in [5.74, 6) is -0.667. The lowest BCUT2D eigenvalue weighted by Crippen LogP contribution is -2.51. The van der Waals surface area contributed by atoms with E-state index in [-0.39, 0.29) is 11.8 Å². The number of amides is 1. The van der Waals surface area contributed by atoms with Crippen molar-refractivity contribution in [1.29, 1.82) is 0 Å². The van der Waals surface area contributed by atoms with Crippen molar-refractivity contribution in [3.05, 3.63) is 0 Å². The number of ether oxygens (including phenoxy) is 1. The third-order valence-electron chi connectivity index (χ3n) is 3.17. The van der Waals surface area contributed by atoms with E-state index in [2.05, 4.69) is 5.32 Å². The van der Waals surface area contributed by atoms with Gasteiger partial charge in [-0.2, -0.15) is 0 Å². The molecule has 0 aliphatic carbocycles. The first-order valence-corrected chi connectivity index (χ1v) is 6.61. The largest absolute Gasteiger partial charge is 0.467 e. The molecule has 5 nitrogen and oxygen atoms in total. The van der Waals surface area contributed by atoms with Crippen LogP contribution in [-0.2, 0) is 14.3 Å². The zero-order valence-electron chi connectivity index (χ0n) is 11.9. The van der Waals surface area contributed by atoms with Crippen molar-refractivity contribution in [1.82, 2.24) is 5.32 Å². The number of hydrogen-bond acceptors (Lipinski definition) is 4. The first kappa shape index (κ1) is 16.9. The Kier molecular flexibility index (Phi) is 8.37. The lowest BCUT2D eigenvalue weighted by molar-refractivity contribution is -0.146. The molecular formula is C13H26N2O3. The quantitative estimate of drug-likeness (QED) is 0.641. The van der Waals surface area contributed by atoms with Crippen LogP contribution in [0.1, 0.15) is 46.5 Å². The van der Waals surface area contributed by atoms with Gasteiger partial charge in [-0.05, 0) is 12.3 Å². The van der Waals surface area contributed by atoms with Crippen molar-refractivity contribution < 1.29 is 14.3 Å². The molecule has 0 aromatic rings. The van der Waals surface area contributed by atoms with Crippen LogP contribution in [0, 0.1) is 5.92 Å². The highest BCUT2D eigenvalue weighted by Gasteiger charge is 2.28. The van der Waals surface area contributed by atoms with Crippen LogP contribution in [0.3, 0.4) is 0 Å². The van der Waals surface area contributed by atoms with Gasteiger partial charge in [0.15, 0.2) is 0 Å². The van der Waals surface area contributed by atoms with E-state index in [0.717, 1.165) is 19.3 Å². The average Bonchev–Trinajstić information content (AvgIpc) is 2.39. The standard InChI is InChI=1S/C13H26N2O3/c1-5-7-8-10(14)12(16)15-11(9(3)6-2)13(17)18-4/h9-11H,5-8,14H2,1-4H3,(H,15,16). The van der Waals surface area contributed by atoms with E-state index in [4.69, 9.17) is 10.5 Å². The van der Waals surface area contributed by atoms with E-state index in [1.165, 1.54) is 7.11 Å². The molecule has 0 heterocycles. The predicted molar refractivity (Wildman–Crippen MR) is 70.9 cm³/mol. The van der Waals surface area contributed by atoms with Crippen molar-refractivity contribution >= 4 is 11.9 Å². The van der Waals surface area contributed by atoms with E-state index in [1.807, 2.05) is 20.8 Å². The number of nitrogens with one attached hydrogen (secondary N) is 1. The van der Waals surface area contributed by atoms with Crippen LogP contribution in [0.25, 0.3) is 0 Å². The first-order chi connectivity index (χ1) is 8.47. The molecule has 3 unspecified atom stereocenters.